The summed E-state index contributed by atoms with van der Waals surface area (Å²) in [6.07, 6.45) is 1.63. The molecule has 6 heteroatoms. The van der Waals surface area contributed by atoms with Crippen molar-refractivity contribution in [1.29, 1.82) is 0 Å². The Morgan fingerprint density at radius 1 is 1.04 bits per heavy atom. The van der Waals surface area contributed by atoms with E-state index in [2.05, 4.69) is 32.8 Å². The first-order valence-electron chi connectivity index (χ1n) is 8.34. The molecule has 0 aliphatic carbocycles. The van der Waals surface area contributed by atoms with Crippen LogP contribution in [0.1, 0.15) is 24.0 Å². The van der Waals surface area contributed by atoms with Crippen molar-refractivity contribution in [2.24, 2.45) is 0 Å². The highest BCUT2D eigenvalue weighted by atomic mass is 79.9. The molecule has 0 radical (unpaired) electrons. The highest BCUT2D eigenvalue weighted by Gasteiger charge is 2.35. The monoisotopic (exact) mass is 423 g/mol. The number of nitrogens with one attached hydrogen (secondary N) is 1. The van der Waals surface area contributed by atoms with Crippen LogP contribution in [-0.4, -0.2) is 28.2 Å². The molecule has 1 saturated heterocycles. The number of benzene rings is 2. The van der Waals surface area contributed by atoms with Crippen LogP contribution in [0.25, 0.3) is 0 Å². The molecule has 134 valence electrons. The Hall–Kier alpha value is -1.21. The summed E-state index contributed by atoms with van der Waals surface area (Å²) in [6, 6.07) is 17.5. The van der Waals surface area contributed by atoms with Crippen LogP contribution in [0.5, 0.6) is 0 Å². The van der Waals surface area contributed by atoms with Crippen molar-refractivity contribution in [2.75, 3.05) is 19.8 Å². The Balaban J connectivity index is 1.74. The first-order chi connectivity index (χ1) is 12.0. The maximum Gasteiger partial charge on any atom is 0.215 e. The van der Waals surface area contributed by atoms with Crippen LogP contribution in [-0.2, 0) is 25.9 Å². The lowest BCUT2D eigenvalue weighted by molar-refractivity contribution is 0.0517. The standard InChI is InChI=1S/C19H22BrNO3S/c20-18-8-4-5-16(13-18)14-25(22,23)21-15-19(9-11-24-12-10-19)17-6-2-1-3-7-17/h1-8,13,21H,9-12,14-15H2. The topological polar surface area (TPSA) is 55.4 Å². The summed E-state index contributed by atoms with van der Waals surface area (Å²) >= 11 is 3.38. The average Bonchev–Trinajstić information content (AvgIpc) is 2.61. The molecular formula is C19H22BrNO3S. The smallest absolute Gasteiger partial charge is 0.215 e. The summed E-state index contributed by atoms with van der Waals surface area (Å²) in [6.45, 7) is 1.71. The second-order valence-corrected chi connectivity index (χ2v) is 9.19. The van der Waals surface area contributed by atoms with Gasteiger partial charge in [0.25, 0.3) is 0 Å². The van der Waals surface area contributed by atoms with Gasteiger partial charge in [0.1, 0.15) is 0 Å². The molecule has 0 atom stereocenters. The predicted molar refractivity (Wildman–Crippen MR) is 103 cm³/mol. The van der Waals surface area contributed by atoms with Crippen LogP contribution < -0.4 is 4.72 Å². The van der Waals surface area contributed by atoms with Gasteiger partial charge in [-0.3, -0.25) is 0 Å². The van der Waals surface area contributed by atoms with Gasteiger partial charge in [0, 0.05) is 29.6 Å². The fourth-order valence-electron chi connectivity index (χ4n) is 3.27. The zero-order chi connectivity index (χ0) is 17.8. The number of hydrogen-bond donors (Lipinski definition) is 1. The molecule has 1 aliphatic heterocycles. The van der Waals surface area contributed by atoms with E-state index >= 15 is 0 Å². The van der Waals surface area contributed by atoms with Gasteiger partial charge in [-0.25, -0.2) is 13.1 Å². The van der Waals surface area contributed by atoms with E-state index in [1.807, 2.05) is 42.5 Å². The van der Waals surface area contributed by atoms with Crippen molar-refractivity contribution in [3.63, 3.8) is 0 Å². The van der Waals surface area contributed by atoms with Gasteiger partial charge < -0.3 is 4.74 Å². The summed E-state index contributed by atoms with van der Waals surface area (Å²) in [4.78, 5) is 0. The fourth-order valence-corrected chi connectivity index (χ4v) is 4.93. The Morgan fingerprint density at radius 3 is 2.44 bits per heavy atom. The molecule has 25 heavy (non-hydrogen) atoms. The molecule has 1 aliphatic rings. The van der Waals surface area contributed by atoms with Gasteiger partial charge in [0.05, 0.1) is 5.75 Å². The second kappa shape index (κ2) is 7.99. The molecule has 0 bridgehead atoms. The molecule has 0 saturated carbocycles. The van der Waals surface area contributed by atoms with Crippen LogP contribution in [0.2, 0.25) is 0 Å². The first kappa shape index (κ1) is 18.6. The van der Waals surface area contributed by atoms with Crippen LogP contribution in [0.3, 0.4) is 0 Å². The number of rotatable bonds is 6. The fraction of sp³-hybridized carbons (Fsp3) is 0.368. The number of halogens is 1. The van der Waals surface area contributed by atoms with Gasteiger partial charge in [0.2, 0.25) is 10.0 Å². The summed E-state index contributed by atoms with van der Waals surface area (Å²) in [5.74, 6) is -0.0200. The molecule has 0 spiro atoms. The maximum atomic E-state index is 12.6. The lowest BCUT2D eigenvalue weighted by atomic mass is 9.74. The van der Waals surface area contributed by atoms with Gasteiger partial charge in [-0.05, 0) is 36.1 Å². The van der Waals surface area contributed by atoms with Gasteiger partial charge in [-0.15, -0.1) is 0 Å². The zero-order valence-electron chi connectivity index (χ0n) is 13.9. The van der Waals surface area contributed by atoms with Crippen LogP contribution in [0.4, 0.5) is 0 Å². The Morgan fingerprint density at radius 2 is 1.76 bits per heavy atom. The van der Waals surface area contributed by atoms with Gasteiger partial charge in [-0.2, -0.15) is 0 Å². The molecule has 3 rings (SSSR count). The third-order valence-corrected chi connectivity index (χ3v) is 6.50. The lowest BCUT2D eigenvalue weighted by Gasteiger charge is -2.37. The van der Waals surface area contributed by atoms with E-state index < -0.39 is 10.0 Å². The van der Waals surface area contributed by atoms with Gasteiger partial charge >= 0.3 is 0 Å². The van der Waals surface area contributed by atoms with E-state index in [0.717, 1.165) is 22.9 Å². The molecule has 2 aromatic carbocycles. The largest absolute Gasteiger partial charge is 0.381 e. The summed E-state index contributed by atoms with van der Waals surface area (Å²) in [5, 5.41) is 0. The Kier molecular flexibility index (Phi) is 5.94. The van der Waals surface area contributed by atoms with E-state index in [9.17, 15) is 8.42 Å². The quantitative estimate of drug-likeness (QED) is 0.771. The highest BCUT2D eigenvalue weighted by Crippen LogP contribution is 2.34. The van der Waals surface area contributed by atoms with E-state index in [1.165, 1.54) is 5.56 Å². The van der Waals surface area contributed by atoms with Crippen molar-refractivity contribution in [2.45, 2.75) is 24.0 Å². The molecule has 1 heterocycles. The lowest BCUT2D eigenvalue weighted by Crippen LogP contribution is -2.44. The molecule has 0 unspecified atom stereocenters. The highest BCUT2D eigenvalue weighted by molar-refractivity contribution is 9.10. The van der Waals surface area contributed by atoms with Crippen molar-refractivity contribution >= 4 is 26.0 Å². The molecule has 1 fully saturated rings. The predicted octanol–water partition coefficient (Wildman–Crippen LogP) is 3.62. The van der Waals surface area contributed by atoms with Crippen molar-refractivity contribution < 1.29 is 13.2 Å². The molecular weight excluding hydrogens is 402 g/mol. The van der Waals surface area contributed by atoms with Crippen molar-refractivity contribution in [1.82, 2.24) is 4.72 Å². The minimum Gasteiger partial charge on any atom is -0.381 e. The zero-order valence-corrected chi connectivity index (χ0v) is 16.4. The van der Waals surface area contributed by atoms with Crippen molar-refractivity contribution in [3.05, 3.63) is 70.2 Å². The van der Waals surface area contributed by atoms with E-state index in [1.54, 1.807) is 0 Å². The van der Waals surface area contributed by atoms with Crippen LogP contribution >= 0.6 is 15.9 Å². The third-order valence-electron chi connectivity index (χ3n) is 4.71. The van der Waals surface area contributed by atoms with Crippen LogP contribution in [0.15, 0.2) is 59.1 Å². The molecule has 0 amide bonds. The number of hydrogen-bond acceptors (Lipinski definition) is 3. The number of ether oxygens (including phenoxy) is 1. The molecule has 2 aromatic rings. The minimum absolute atomic E-state index is 0.0200. The van der Waals surface area contributed by atoms with Gasteiger partial charge in [-0.1, -0.05) is 58.4 Å². The Labute approximate surface area is 157 Å². The average molecular weight is 424 g/mol. The van der Waals surface area contributed by atoms with Gasteiger partial charge in [0.15, 0.2) is 0 Å². The Bertz CT molecular complexity index is 802. The minimum atomic E-state index is -3.41. The normalized spacial score (nSPS) is 17.3. The molecule has 4 nitrogen and oxygen atoms in total. The third kappa shape index (κ3) is 4.91. The summed E-state index contributed by atoms with van der Waals surface area (Å²) in [7, 11) is -3.41. The maximum absolute atomic E-state index is 12.6. The van der Waals surface area contributed by atoms with E-state index in [4.69, 9.17) is 4.74 Å². The number of sulfonamides is 1. The molecule has 0 aromatic heterocycles. The summed E-state index contributed by atoms with van der Waals surface area (Å²) in [5.41, 5.74) is 1.73. The molecule has 1 N–H and O–H groups in total. The summed E-state index contributed by atoms with van der Waals surface area (Å²) < 4.78 is 34.4. The van der Waals surface area contributed by atoms with E-state index in [-0.39, 0.29) is 11.2 Å². The first-order valence-corrected chi connectivity index (χ1v) is 10.8. The SMILES string of the molecule is O=S(=O)(Cc1cccc(Br)c1)NCC1(c2ccccc2)CCOCC1. The van der Waals surface area contributed by atoms with Crippen molar-refractivity contribution in [3.8, 4) is 0 Å². The van der Waals surface area contributed by atoms with E-state index in [0.29, 0.717) is 19.8 Å². The van der Waals surface area contributed by atoms with Crippen LogP contribution in [0, 0.1) is 0 Å². The second-order valence-electron chi connectivity index (χ2n) is 6.47.